The summed E-state index contributed by atoms with van der Waals surface area (Å²) in [6, 6.07) is -1.53. The summed E-state index contributed by atoms with van der Waals surface area (Å²) >= 11 is 0. The molecule has 0 aromatic carbocycles. The molecular weight excluding hydrogens is 733 g/mol. The van der Waals surface area contributed by atoms with Crippen LogP contribution < -0.4 is 5.73 Å². The van der Waals surface area contributed by atoms with E-state index >= 15 is 0 Å². The Morgan fingerprint density at radius 2 is 1.00 bits per heavy atom. The molecule has 0 fully saturated rings. The van der Waals surface area contributed by atoms with Gasteiger partial charge in [-0.1, -0.05) is 139 Å². The van der Waals surface area contributed by atoms with E-state index < -0.39 is 51.1 Å². The molecule has 3 atom stereocenters. The van der Waals surface area contributed by atoms with E-state index in [0.717, 1.165) is 89.9 Å². The zero-order valence-corrected chi connectivity index (χ0v) is 35.6. The third-order valence-corrected chi connectivity index (χ3v) is 9.70. The number of carbonyl (C=O) groups is 3. The zero-order valence-electron chi connectivity index (χ0n) is 34.7. The quantitative estimate of drug-likeness (QED) is 0.0233. The third kappa shape index (κ3) is 38.1. The van der Waals surface area contributed by atoms with Crippen molar-refractivity contribution in [3.05, 3.63) is 60.8 Å². The van der Waals surface area contributed by atoms with Crippen LogP contribution in [0.3, 0.4) is 0 Å². The molecule has 1 unspecified atom stereocenters. The Morgan fingerprint density at radius 1 is 0.571 bits per heavy atom. The van der Waals surface area contributed by atoms with Crippen molar-refractivity contribution in [3.8, 4) is 0 Å². The highest BCUT2D eigenvalue weighted by Gasteiger charge is 2.28. The van der Waals surface area contributed by atoms with Crippen molar-refractivity contribution in [1.82, 2.24) is 0 Å². The number of nitrogens with two attached hydrogens (primary N) is 1. The number of esters is 2. The van der Waals surface area contributed by atoms with E-state index in [1.165, 1.54) is 38.5 Å². The summed E-state index contributed by atoms with van der Waals surface area (Å²) in [7, 11) is -4.72. The lowest BCUT2D eigenvalue weighted by Gasteiger charge is -2.20. The summed E-state index contributed by atoms with van der Waals surface area (Å²) in [5, 5.41) is 8.88. The van der Waals surface area contributed by atoms with E-state index in [-0.39, 0.29) is 19.4 Å². The van der Waals surface area contributed by atoms with Gasteiger partial charge in [0.05, 0.1) is 13.2 Å². The van der Waals surface area contributed by atoms with Crippen LogP contribution in [0.1, 0.15) is 168 Å². The predicted octanol–water partition coefficient (Wildman–Crippen LogP) is 11.2. The summed E-state index contributed by atoms with van der Waals surface area (Å²) in [5.74, 6) is -2.42. The van der Waals surface area contributed by atoms with Crippen LogP contribution >= 0.6 is 7.82 Å². The molecule has 0 bridgehead atoms. The number of carboxylic acids is 1. The van der Waals surface area contributed by atoms with Gasteiger partial charge in [0.1, 0.15) is 12.6 Å². The first-order valence-corrected chi connectivity index (χ1v) is 22.8. The van der Waals surface area contributed by atoms with Crippen LogP contribution in [0.25, 0.3) is 0 Å². The number of phosphoric acid groups is 1. The molecular formula is C44H76NO10P. The number of rotatable bonds is 39. The Kier molecular flexibility index (Phi) is 37.1. The number of aliphatic carboxylic acids is 1. The van der Waals surface area contributed by atoms with Crippen molar-refractivity contribution >= 4 is 25.7 Å². The van der Waals surface area contributed by atoms with Crippen LogP contribution in [-0.2, 0) is 37.5 Å². The zero-order chi connectivity index (χ0) is 41.4. The molecule has 11 nitrogen and oxygen atoms in total. The Labute approximate surface area is 338 Å². The van der Waals surface area contributed by atoms with Crippen LogP contribution in [0.4, 0.5) is 0 Å². The number of ether oxygens (including phenoxy) is 2. The molecule has 56 heavy (non-hydrogen) atoms. The maximum atomic E-state index is 12.6. The van der Waals surface area contributed by atoms with E-state index in [9.17, 15) is 23.8 Å². The second-order valence-corrected chi connectivity index (χ2v) is 15.5. The second kappa shape index (κ2) is 39.0. The minimum Gasteiger partial charge on any atom is -0.480 e. The monoisotopic (exact) mass is 810 g/mol. The van der Waals surface area contributed by atoms with Gasteiger partial charge < -0.3 is 25.2 Å². The lowest BCUT2D eigenvalue weighted by molar-refractivity contribution is -0.161. The summed E-state index contributed by atoms with van der Waals surface area (Å²) in [6.07, 6.45) is 44.2. The Hall–Kier alpha value is -2.82. The highest BCUT2D eigenvalue weighted by molar-refractivity contribution is 7.47. The molecule has 0 aromatic rings. The first-order valence-electron chi connectivity index (χ1n) is 21.3. The second-order valence-electron chi connectivity index (χ2n) is 14.1. The van der Waals surface area contributed by atoms with E-state index in [1.54, 1.807) is 0 Å². The standard InChI is InChI=1S/C44H76NO10P/c1-3-5-7-9-11-13-15-17-19-20-22-23-25-27-29-31-33-35-42(46)52-37-40(38-53-56(50,51)54-39-41(45)44(48)49)55-43(47)36-34-32-30-28-26-24-21-18-16-14-12-10-8-6-4-2/h6,8,11-14,17-19,21,40-41H,3-5,7,9-10,15-16,20,22-39,45H2,1-2H3,(H,48,49)(H,50,51)/b8-6+,13-11+,14-12+,19-17+,21-18+/t40-,41+/m1/s1. The summed E-state index contributed by atoms with van der Waals surface area (Å²) in [6.45, 7) is 2.63. The number of phosphoric ester groups is 1. The SMILES string of the molecule is CC/C=C/C/C=C/C/C=C/CCCCCCCC(=O)O[C@H](COC(=O)CCCCCCCCC/C=C/C/C=C/CCCCC)COP(=O)(O)OC[C@H](N)C(=O)O. The van der Waals surface area contributed by atoms with Crippen molar-refractivity contribution in [1.29, 1.82) is 0 Å². The first kappa shape index (κ1) is 53.2. The Bertz CT molecular complexity index is 1180. The number of carbonyl (C=O) groups excluding carboxylic acids is 2. The van der Waals surface area contributed by atoms with Crippen LogP contribution in [0.5, 0.6) is 0 Å². The lowest BCUT2D eigenvalue weighted by Crippen LogP contribution is -2.34. The molecule has 0 spiro atoms. The van der Waals surface area contributed by atoms with Crippen molar-refractivity contribution in [2.75, 3.05) is 19.8 Å². The molecule has 0 aliphatic heterocycles. The van der Waals surface area contributed by atoms with Crippen LogP contribution in [0.2, 0.25) is 0 Å². The molecule has 0 aliphatic carbocycles. The third-order valence-electron chi connectivity index (χ3n) is 8.75. The maximum Gasteiger partial charge on any atom is 0.472 e. The molecule has 0 saturated carbocycles. The Morgan fingerprint density at radius 3 is 1.50 bits per heavy atom. The number of unbranched alkanes of at least 4 members (excludes halogenated alkanes) is 15. The number of carboxylic acid groups (broad SMARTS) is 1. The van der Waals surface area contributed by atoms with Crippen molar-refractivity contribution < 1.29 is 47.5 Å². The molecule has 0 heterocycles. The van der Waals surface area contributed by atoms with Gasteiger partial charge in [-0.25, -0.2) is 4.57 Å². The van der Waals surface area contributed by atoms with E-state index in [4.69, 9.17) is 24.8 Å². The largest absolute Gasteiger partial charge is 0.480 e. The maximum absolute atomic E-state index is 12.6. The van der Waals surface area contributed by atoms with Gasteiger partial charge in [0.25, 0.3) is 0 Å². The van der Waals surface area contributed by atoms with Gasteiger partial charge >= 0.3 is 25.7 Å². The van der Waals surface area contributed by atoms with Gasteiger partial charge in [0.2, 0.25) is 0 Å². The van der Waals surface area contributed by atoms with Gasteiger partial charge in [-0.2, -0.15) is 0 Å². The first-order chi connectivity index (χ1) is 27.1. The van der Waals surface area contributed by atoms with E-state index in [2.05, 4.69) is 79.1 Å². The molecule has 0 aromatic heterocycles. The van der Waals surface area contributed by atoms with Crippen molar-refractivity contribution in [2.45, 2.75) is 180 Å². The smallest absolute Gasteiger partial charge is 0.472 e. The highest BCUT2D eigenvalue weighted by atomic mass is 31.2. The van der Waals surface area contributed by atoms with Crippen LogP contribution in [-0.4, -0.2) is 59.9 Å². The molecule has 0 aliphatic rings. The average Bonchev–Trinajstić information content (AvgIpc) is 3.17. The summed E-state index contributed by atoms with van der Waals surface area (Å²) < 4.78 is 32.7. The molecule has 12 heteroatoms. The number of allylic oxidation sites excluding steroid dienone is 10. The van der Waals surface area contributed by atoms with Crippen molar-refractivity contribution in [2.24, 2.45) is 5.73 Å². The summed E-state index contributed by atoms with van der Waals surface area (Å²) in [4.78, 5) is 45.9. The predicted molar refractivity (Wildman–Crippen MR) is 226 cm³/mol. The fourth-order valence-electron chi connectivity index (χ4n) is 5.40. The lowest BCUT2D eigenvalue weighted by atomic mass is 10.1. The normalized spacial score (nSPS) is 14.4. The molecule has 4 N–H and O–H groups in total. The number of hydrogen-bond acceptors (Lipinski definition) is 9. The van der Waals surface area contributed by atoms with Crippen molar-refractivity contribution in [3.63, 3.8) is 0 Å². The molecule has 322 valence electrons. The highest BCUT2D eigenvalue weighted by Crippen LogP contribution is 2.43. The molecule has 0 amide bonds. The van der Waals surface area contributed by atoms with Crippen LogP contribution in [0, 0.1) is 0 Å². The Balaban J connectivity index is 4.41. The van der Waals surface area contributed by atoms with Gasteiger partial charge in [-0.15, -0.1) is 0 Å². The minimum atomic E-state index is -4.72. The van der Waals surface area contributed by atoms with E-state index in [1.807, 2.05) is 0 Å². The minimum absolute atomic E-state index is 0.137. The average molecular weight is 810 g/mol. The van der Waals surface area contributed by atoms with E-state index in [0.29, 0.717) is 12.8 Å². The molecule has 0 radical (unpaired) electrons. The topological polar surface area (TPSA) is 172 Å². The summed E-state index contributed by atoms with van der Waals surface area (Å²) in [5.41, 5.74) is 5.33. The van der Waals surface area contributed by atoms with Gasteiger partial charge in [-0.3, -0.25) is 23.4 Å². The fraction of sp³-hybridized carbons (Fsp3) is 0.705. The van der Waals surface area contributed by atoms with Crippen LogP contribution in [0.15, 0.2) is 60.8 Å². The van der Waals surface area contributed by atoms with Gasteiger partial charge in [0, 0.05) is 12.8 Å². The molecule has 0 saturated heterocycles. The van der Waals surface area contributed by atoms with Gasteiger partial charge in [0.15, 0.2) is 6.10 Å². The van der Waals surface area contributed by atoms with Gasteiger partial charge in [-0.05, 0) is 77.0 Å². The fourth-order valence-corrected chi connectivity index (χ4v) is 6.18. The molecule has 0 rings (SSSR count). The number of hydrogen-bond donors (Lipinski definition) is 3.